The van der Waals surface area contributed by atoms with E-state index in [-0.39, 0.29) is 5.91 Å². The minimum absolute atomic E-state index is 0.170. The first-order chi connectivity index (χ1) is 7.19. The maximum atomic E-state index is 11.6. The van der Waals surface area contributed by atoms with Gasteiger partial charge in [-0.05, 0) is 12.8 Å². The van der Waals surface area contributed by atoms with Crippen LogP contribution >= 0.6 is 0 Å². The summed E-state index contributed by atoms with van der Waals surface area (Å²) in [4.78, 5) is 11.6. The monoisotopic (exact) mass is 210 g/mol. The van der Waals surface area contributed by atoms with Gasteiger partial charge >= 0.3 is 0 Å². The van der Waals surface area contributed by atoms with Gasteiger partial charge in [-0.3, -0.25) is 4.79 Å². The Morgan fingerprint density at radius 2 is 2.20 bits per heavy atom. The number of nitrogens with one attached hydrogen (secondary N) is 1. The molecule has 1 rings (SSSR count). The van der Waals surface area contributed by atoms with E-state index >= 15 is 0 Å². The van der Waals surface area contributed by atoms with Crippen molar-refractivity contribution in [2.75, 3.05) is 6.54 Å². The maximum absolute atomic E-state index is 11.6. The Labute approximate surface area is 90.0 Å². The molecule has 0 radical (unpaired) electrons. The molecule has 4 heteroatoms. The zero-order valence-corrected chi connectivity index (χ0v) is 9.54. The molecule has 0 bridgehead atoms. The molecule has 1 N–H and O–H groups in total. The highest BCUT2D eigenvalue weighted by atomic mass is 16.5. The molecule has 0 unspecified atom stereocenters. The van der Waals surface area contributed by atoms with Gasteiger partial charge in [-0.15, -0.1) is 0 Å². The molecule has 0 atom stereocenters. The standard InChI is InChI=1S/C11H18N2O2/c1-4-9(5-2)7-12-11(14)10-8(3)6-13-15-10/h6,9H,4-5,7H2,1-3H3,(H,12,14). The van der Waals surface area contributed by atoms with E-state index in [0.717, 1.165) is 18.4 Å². The number of rotatable bonds is 5. The van der Waals surface area contributed by atoms with Gasteiger partial charge in [0.05, 0.1) is 6.20 Å². The van der Waals surface area contributed by atoms with Gasteiger partial charge in [0.1, 0.15) is 0 Å². The predicted octanol–water partition coefficient (Wildman–Crippen LogP) is 2.15. The number of hydrogen-bond acceptors (Lipinski definition) is 3. The Morgan fingerprint density at radius 1 is 1.53 bits per heavy atom. The van der Waals surface area contributed by atoms with Gasteiger partial charge in [0, 0.05) is 12.1 Å². The first-order valence-electron chi connectivity index (χ1n) is 5.38. The van der Waals surface area contributed by atoms with Crippen molar-refractivity contribution in [1.29, 1.82) is 0 Å². The van der Waals surface area contributed by atoms with Gasteiger partial charge in [0.2, 0.25) is 5.76 Å². The van der Waals surface area contributed by atoms with Crippen LogP contribution in [0.25, 0.3) is 0 Å². The van der Waals surface area contributed by atoms with Crippen molar-refractivity contribution in [1.82, 2.24) is 10.5 Å². The maximum Gasteiger partial charge on any atom is 0.290 e. The molecule has 1 amide bonds. The second kappa shape index (κ2) is 5.53. The van der Waals surface area contributed by atoms with Crippen molar-refractivity contribution in [2.45, 2.75) is 33.6 Å². The summed E-state index contributed by atoms with van der Waals surface area (Å²) in [5.74, 6) is 0.690. The third kappa shape index (κ3) is 3.08. The van der Waals surface area contributed by atoms with E-state index in [1.807, 2.05) is 6.92 Å². The fourth-order valence-corrected chi connectivity index (χ4v) is 1.40. The van der Waals surface area contributed by atoms with E-state index in [2.05, 4.69) is 24.3 Å². The van der Waals surface area contributed by atoms with E-state index < -0.39 is 0 Å². The quantitative estimate of drug-likeness (QED) is 0.810. The van der Waals surface area contributed by atoms with Crippen LogP contribution in [0.4, 0.5) is 0 Å². The summed E-state index contributed by atoms with van der Waals surface area (Å²) in [5.41, 5.74) is 0.775. The van der Waals surface area contributed by atoms with Crippen LogP contribution in [0.15, 0.2) is 10.7 Å². The fraction of sp³-hybridized carbons (Fsp3) is 0.636. The molecule has 1 heterocycles. The zero-order chi connectivity index (χ0) is 11.3. The molecule has 84 valence electrons. The van der Waals surface area contributed by atoms with Crippen LogP contribution < -0.4 is 5.32 Å². The fourth-order valence-electron chi connectivity index (χ4n) is 1.40. The van der Waals surface area contributed by atoms with Crippen molar-refractivity contribution in [3.63, 3.8) is 0 Å². The number of aryl methyl sites for hydroxylation is 1. The molecule has 15 heavy (non-hydrogen) atoms. The van der Waals surface area contributed by atoms with Crippen molar-refractivity contribution in [3.8, 4) is 0 Å². The Hall–Kier alpha value is -1.32. The van der Waals surface area contributed by atoms with Crippen molar-refractivity contribution >= 4 is 5.91 Å². The SMILES string of the molecule is CCC(CC)CNC(=O)c1oncc1C. The lowest BCUT2D eigenvalue weighted by Gasteiger charge is -2.12. The summed E-state index contributed by atoms with van der Waals surface area (Å²) >= 11 is 0. The molecule has 0 aromatic carbocycles. The van der Waals surface area contributed by atoms with Crippen molar-refractivity contribution < 1.29 is 9.32 Å². The molecule has 4 nitrogen and oxygen atoms in total. The van der Waals surface area contributed by atoms with Gasteiger partial charge in [-0.1, -0.05) is 31.8 Å². The molecule has 1 aromatic rings. The van der Waals surface area contributed by atoms with Crippen molar-refractivity contribution in [2.24, 2.45) is 5.92 Å². The van der Waals surface area contributed by atoms with Crippen molar-refractivity contribution in [3.05, 3.63) is 17.5 Å². The zero-order valence-electron chi connectivity index (χ0n) is 9.54. The number of carbonyl (C=O) groups excluding carboxylic acids is 1. The predicted molar refractivity (Wildman–Crippen MR) is 57.6 cm³/mol. The second-order valence-electron chi connectivity index (χ2n) is 3.73. The number of nitrogens with zero attached hydrogens (tertiary/aromatic N) is 1. The molecular formula is C11H18N2O2. The number of hydrogen-bond donors (Lipinski definition) is 1. The number of amides is 1. The lowest BCUT2D eigenvalue weighted by atomic mass is 10.0. The Kier molecular flexibility index (Phi) is 4.34. The lowest BCUT2D eigenvalue weighted by molar-refractivity contribution is 0.0908. The summed E-state index contributed by atoms with van der Waals surface area (Å²) in [5, 5.41) is 6.43. The van der Waals surface area contributed by atoms with E-state index in [4.69, 9.17) is 4.52 Å². The first kappa shape index (κ1) is 11.8. The molecule has 0 aliphatic heterocycles. The Balaban J connectivity index is 2.47. The van der Waals surface area contributed by atoms with Crippen LogP contribution in [0.1, 0.15) is 42.8 Å². The minimum Gasteiger partial charge on any atom is -0.351 e. The largest absolute Gasteiger partial charge is 0.351 e. The molecule has 0 aliphatic carbocycles. The smallest absolute Gasteiger partial charge is 0.290 e. The second-order valence-corrected chi connectivity index (χ2v) is 3.73. The van der Waals surface area contributed by atoms with E-state index in [9.17, 15) is 4.79 Å². The summed E-state index contributed by atoms with van der Waals surface area (Å²) in [6, 6.07) is 0. The first-order valence-corrected chi connectivity index (χ1v) is 5.38. The molecule has 1 aromatic heterocycles. The molecule has 0 spiro atoms. The average molecular weight is 210 g/mol. The topological polar surface area (TPSA) is 55.1 Å². The highest BCUT2D eigenvalue weighted by Gasteiger charge is 2.14. The Bertz CT molecular complexity index is 316. The summed E-state index contributed by atoms with van der Waals surface area (Å²) < 4.78 is 4.86. The molecular weight excluding hydrogens is 192 g/mol. The van der Waals surface area contributed by atoms with Crippen LogP contribution in [-0.2, 0) is 0 Å². The van der Waals surface area contributed by atoms with Gasteiger partial charge in [-0.25, -0.2) is 0 Å². The average Bonchev–Trinajstić information content (AvgIpc) is 2.66. The van der Waals surface area contributed by atoms with E-state index in [0.29, 0.717) is 18.2 Å². The van der Waals surface area contributed by atoms with Crippen LogP contribution in [0, 0.1) is 12.8 Å². The summed E-state index contributed by atoms with van der Waals surface area (Å²) in [6.07, 6.45) is 3.70. The van der Waals surface area contributed by atoms with Gasteiger partial charge < -0.3 is 9.84 Å². The molecule has 0 saturated carbocycles. The third-order valence-corrected chi connectivity index (χ3v) is 2.66. The van der Waals surface area contributed by atoms with E-state index in [1.165, 1.54) is 0 Å². The number of aromatic nitrogens is 1. The Morgan fingerprint density at radius 3 is 2.67 bits per heavy atom. The highest BCUT2D eigenvalue weighted by molar-refractivity contribution is 5.92. The van der Waals surface area contributed by atoms with Gasteiger partial charge in [-0.2, -0.15) is 0 Å². The van der Waals surface area contributed by atoms with Crippen LogP contribution in [-0.4, -0.2) is 17.6 Å². The molecule has 0 aliphatic rings. The van der Waals surface area contributed by atoms with Crippen LogP contribution in [0.2, 0.25) is 0 Å². The molecule has 0 fully saturated rings. The number of carbonyl (C=O) groups is 1. The van der Waals surface area contributed by atoms with E-state index in [1.54, 1.807) is 6.20 Å². The van der Waals surface area contributed by atoms with Gasteiger partial charge in [0.25, 0.3) is 5.91 Å². The summed E-state index contributed by atoms with van der Waals surface area (Å²) in [6.45, 7) is 6.76. The lowest BCUT2D eigenvalue weighted by Crippen LogP contribution is -2.29. The minimum atomic E-state index is -0.170. The highest BCUT2D eigenvalue weighted by Crippen LogP contribution is 2.08. The summed E-state index contributed by atoms with van der Waals surface area (Å²) in [7, 11) is 0. The van der Waals surface area contributed by atoms with Crippen LogP contribution in [0.3, 0.4) is 0 Å². The van der Waals surface area contributed by atoms with Gasteiger partial charge in [0.15, 0.2) is 0 Å². The normalized spacial score (nSPS) is 10.7. The third-order valence-electron chi connectivity index (χ3n) is 2.66. The van der Waals surface area contributed by atoms with Crippen LogP contribution in [0.5, 0.6) is 0 Å². The molecule has 0 saturated heterocycles.